The van der Waals surface area contributed by atoms with Gasteiger partial charge in [0.05, 0.1) is 24.4 Å². The lowest BCUT2D eigenvalue weighted by atomic mass is 9.62. The van der Waals surface area contributed by atoms with Gasteiger partial charge >= 0.3 is 0 Å². The molecule has 0 aromatic rings. The van der Waals surface area contributed by atoms with Crippen LogP contribution in [0.3, 0.4) is 0 Å². The number of nitrogens with two attached hydrogens (primary N) is 1. The van der Waals surface area contributed by atoms with Gasteiger partial charge in [0.2, 0.25) is 0 Å². The van der Waals surface area contributed by atoms with Crippen LogP contribution < -0.4 is 5.73 Å². The third-order valence-electron chi connectivity index (χ3n) is 4.82. The zero-order chi connectivity index (χ0) is 12.6. The molecule has 5 unspecified atom stereocenters. The zero-order valence-electron chi connectivity index (χ0n) is 11.6. The maximum Gasteiger partial charge on any atom is 0.0662 e. The molecule has 2 aliphatic rings. The van der Waals surface area contributed by atoms with Gasteiger partial charge in [-0.1, -0.05) is 13.8 Å². The second-order valence-corrected chi connectivity index (χ2v) is 6.18. The highest BCUT2D eigenvalue weighted by Gasteiger charge is 2.50. The molecule has 3 nitrogen and oxygen atoms in total. The van der Waals surface area contributed by atoms with Crippen molar-refractivity contribution in [1.29, 1.82) is 0 Å². The van der Waals surface area contributed by atoms with Crippen molar-refractivity contribution < 1.29 is 9.47 Å². The summed E-state index contributed by atoms with van der Waals surface area (Å²) in [6.45, 7) is 8.75. The van der Waals surface area contributed by atoms with Crippen LogP contribution in [0, 0.1) is 5.41 Å². The molecule has 1 aliphatic carbocycles. The molecule has 100 valence electrons. The standard InChI is InChI=1S/C14H27NO2/c1-5-14(4)12(15)8-13(14)17-11-6-9(2)16-10(3)7-11/h9-13H,5-8,15H2,1-4H3. The molecule has 1 heterocycles. The van der Waals surface area contributed by atoms with Crippen LogP contribution in [0.5, 0.6) is 0 Å². The molecule has 0 spiro atoms. The van der Waals surface area contributed by atoms with E-state index in [2.05, 4.69) is 27.7 Å². The van der Waals surface area contributed by atoms with E-state index in [1.165, 1.54) is 0 Å². The third-order valence-corrected chi connectivity index (χ3v) is 4.82. The Morgan fingerprint density at radius 2 is 1.82 bits per heavy atom. The Bertz CT molecular complexity index is 261. The van der Waals surface area contributed by atoms with Crippen molar-refractivity contribution >= 4 is 0 Å². The minimum Gasteiger partial charge on any atom is -0.375 e. The Balaban J connectivity index is 1.89. The van der Waals surface area contributed by atoms with Crippen molar-refractivity contribution in [1.82, 2.24) is 0 Å². The van der Waals surface area contributed by atoms with Gasteiger partial charge in [0.15, 0.2) is 0 Å². The van der Waals surface area contributed by atoms with Gasteiger partial charge in [-0.05, 0) is 39.5 Å². The van der Waals surface area contributed by atoms with Crippen molar-refractivity contribution in [2.75, 3.05) is 0 Å². The second-order valence-electron chi connectivity index (χ2n) is 6.18. The van der Waals surface area contributed by atoms with Gasteiger partial charge < -0.3 is 15.2 Å². The Morgan fingerprint density at radius 1 is 1.24 bits per heavy atom. The normalized spacial score (nSPS) is 51.0. The van der Waals surface area contributed by atoms with Crippen LogP contribution in [0.1, 0.15) is 53.4 Å². The first-order valence-corrected chi connectivity index (χ1v) is 7.02. The van der Waals surface area contributed by atoms with Crippen molar-refractivity contribution in [2.24, 2.45) is 11.1 Å². The predicted molar refractivity (Wildman–Crippen MR) is 68.9 cm³/mol. The first kappa shape index (κ1) is 13.3. The summed E-state index contributed by atoms with van der Waals surface area (Å²) in [4.78, 5) is 0. The highest BCUT2D eigenvalue weighted by atomic mass is 16.5. The fourth-order valence-electron chi connectivity index (χ4n) is 3.24. The van der Waals surface area contributed by atoms with Crippen LogP contribution in [0.2, 0.25) is 0 Å². The van der Waals surface area contributed by atoms with E-state index in [-0.39, 0.29) is 5.41 Å². The summed E-state index contributed by atoms with van der Waals surface area (Å²) in [6.07, 6.45) is 5.53. The molecule has 1 aliphatic heterocycles. The lowest BCUT2D eigenvalue weighted by Gasteiger charge is -2.53. The molecule has 0 bridgehead atoms. The lowest BCUT2D eigenvalue weighted by Crippen LogP contribution is -2.61. The topological polar surface area (TPSA) is 44.5 Å². The van der Waals surface area contributed by atoms with E-state index in [9.17, 15) is 0 Å². The van der Waals surface area contributed by atoms with Gasteiger partial charge in [-0.2, -0.15) is 0 Å². The highest BCUT2D eigenvalue weighted by molar-refractivity contribution is 5.03. The SMILES string of the molecule is CCC1(C)C(N)CC1OC1CC(C)OC(C)C1. The lowest BCUT2D eigenvalue weighted by molar-refractivity contribution is -0.184. The maximum absolute atomic E-state index is 6.28. The second kappa shape index (κ2) is 4.87. The van der Waals surface area contributed by atoms with E-state index in [0.717, 1.165) is 25.7 Å². The van der Waals surface area contributed by atoms with Crippen LogP contribution in [0.15, 0.2) is 0 Å². The largest absolute Gasteiger partial charge is 0.375 e. The predicted octanol–water partition coefficient (Wildman–Crippen LogP) is 2.47. The van der Waals surface area contributed by atoms with E-state index in [0.29, 0.717) is 30.5 Å². The quantitative estimate of drug-likeness (QED) is 0.825. The number of rotatable bonds is 3. The van der Waals surface area contributed by atoms with Gasteiger partial charge in [-0.15, -0.1) is 0 Å². The minimum absolute atomic E-state index is 0.185. The summed E-state index contributed by atoms with van der Waals surface area (Å²) in [6, 6.07) is 0.312. The molecule has 0 aromatic heterocycles. The minimum atomic E-state index is 0.185. The van der Waals surface area contributed by atoms with Crippen molar-refractivity contribution in [3.05, 3.63) is 0 Å². The van der Waals surface area contributed by atoms with E-state index < -0.39 is 0 Å². The van der Waals surface area contributed by atoms with Gasteiger partial charge in [-0.3, -0.25) is 0 Å². The van der Waals surface area contributed by atoms with Crippen molar-refractivity contribution in [2.45, 2.75) is 83.8 Å². The molecule has 5 atom stereocenters. The number of ether oxygens (including phenoxy) is 2. The Hall–Kier alpha value is -0.120. The molecule has 0 amide bonds. The first-order chi connectivity index (χ1) is 7.95. The first-order valence-electron chi connectivity index (χ1n) is 7.02. The van der Waals surface area contributed by atoms with Crippen LogP contribution in [-0.2, 0) is 9.47 Å². The van der Waals surface area contributed by atoms with E-state index in [1.807, 2.05) is 0 Å². The molecule has 17 heavy (non-hydrogen) atoms. The monoisotopic (exact) mass is 241 g/mol. The molecule has 1 saturated heterocycles. The van der Waals surface area contributed by atoms with Crippen LogP contribution in [0.4, 0.5) is 0 Å². The molecule has 3 heteroatoms. The summed E-state index contributed by atoms with van der Waals surface area (Å²) in [5.74, 6) is 0. The Labute approximate surface area is 105 Å². The van der Waals surface area contributed by atoms with Crippen molar-refractivity contribution in [3.63, 3.8) is 0 Å². The highest BCUT2D eigenvalue weighted by Crippen LogP contribution is 2.45. The molecular weight excluding hydrogens is 214 g/mol. The molecule has 1 saturated carbocycles. The Morgan fingerprint density at radius 3 is 2.29 bits per heavy atom. The molecule has 0 radical (unpaired) electrons. The molecule has 2 N–H and O–H groups in total. The zero-order valence-corrected chi connectivity index (χ0v) is 11.6. The number of hydrogen-bond acceptors (Lipinski definition) is 3. The smallest absolute Gasteiger partial charge is 0.0662 e. The van der Waals surface area contributed by atoms with Gasteiger partial charge in [0.25, 0.3) is 0 Å². The van der Waals surface area contributed by atoms with E-state index in [1.54, 1.807) is 0 Å². The van der Waals surface area contributed by atoms with E-state index >= 15 is 0 Å². The van der Waals surface area contributed by atoms with Gasteiger partial charge in [0, 0.05) is 11.5 Å². The van der Waals surface area contributed by atoms with Crippen LogP contribution in [0.25, 0.3) is 0 Å². The summed E-state index contributed by atoms with van der Waals surface area (Å²) >= 11 is 0. The summed E-state index contributed by atoms with van der Waals surface area (Å²) < 4.78 is 12.0. The maximum atomic E-state index is 6.28. The van der Waals surface area contributed by atoms with Crippen LogP contribution >= 0.6 is 0 Å². The molecule has 0 aromatic carbocycles. The molecular formula is C14H27NO2. The van der Waals surface area contributed by atoms with Gasteiger partial charge in [0.1, 0.15) is 0 Å². The Kier molecular flexibility index (Phi) is 3.81. The fourth-order valence-corrected chi connectivity index (χ4v) is 3.24. The average Bonchev–Trinajstić information content (AvgIpc) is 2.26. The number of hydrogen-bond donors (Lipinski definition) is 1. The molecule has 2 rings (SSSR count). The molecule has 2 fully saturated rings. The fraction of sp³-hybridized carbons (Fsp3) is 1.00. The van der Waals surface area contributed by atoms with E-state index in [4.69, 9.17) is 15.2 Å². The van der Waals surface area contributed by atoms with Gasteiger partial charge in [-0.25, -0.2) is 0 Å². The van der Waals surface area contributed by atoms with Crippen molar-refractivity contribution in [3.8, 4) is 0 Å². The summed E-state index contributed by atoms with van der Waals surface area (Å²) in [7, 11) is 0. The summed E-state index contributed by atoms with van der Waals surface area (Å²) in [5.41, 5.74) is 6.30. The third kappa shape index (κ3) is 2.51. The van der Waals surface area contributed by atoms with Crippen LogP contribution in [-0.4, -0.2) is 30.5 Å². The average molecular weight is 241 g/mol. The summed E-state index contributed by atoms with van der Waals surface area (Å²) in [5, 5.41) is 0.